The van der Waals surface area contributed by atoms with Crippen molar-refractivity contribution in [2.75, 3.05) is 58.3 Å². The van der Waals surface area contributed by atoms with Crippen molar-refractivity contribution in [2.24, 2.45) is 0 Å². The van der Waals surface area contributed by atoms with Gasteiger partial charge in [-0.1, -0.05) is 6.07 Å². The summed E-state index contributed by atoms with van der Waals surface area (Å²) in [6.07, 6.45) is 6.15. The van der Waals surface area contributed by atoms with E-state index >= 15 is 0 Å². The molecule has 0 radical (unpaired) electrons. The molecular formula is C21H32ClN7O. The van der Waals surface area contributed by atoms with Crippen LogP contribution in [0.15, 0.2) is 30.6 Å². The number of halogens is 1. The molecule has 2 saturated heterocycles. The molecule has 1 amide bonds. The molecule has 0 aromatic carbocycles. The molecule has 1 unspecified atom stereocenters. The Labute approximate surface area is 184 Å². The maximum Gasteiger partial charge on any atom is 0.274 e. The van der Waals surface area contributed by atoms with E-state index in [9.17, 15) is 4.79 Å². The van der Waals surface area contributed by atoms with Crippen LogP contribution in [0.5, 0.6) is 0 Å². The summed E-state index contributed by atoms with van der Waals surface area (Å²) in [5, 5.41) is 7.97. The average molecular weight is 434 g/mol. The molecule has 0 spiro atoms. The molecule has 2 aliphatic heterocycles. The zero-order valence-electron chi connectivity index (χ0n) is 17.8. The standard InChI is InChI=1S/C21H31N7O.ClH/c1-25(2)16-17-5-6-20(23-14-17)26-10-12-27(13-11-26)21(29)19-7-9-28(24-19)18-4-3-8-22-15-18;/h5-7,9,14,18,22H,3-4,8,10-13,15-16H2,1-2H3;1H. The molecule has 2 fully saturated rings. The highest BCUT2D eigenvalue weighted by Crippen LogP contribution is 2.18. The van der Waals surface area contributed by atoms with Crippen LogP contribution in [0.3, 0.4) is 0 Å². The second-order valence-electron chi connectivity index (χ2n) is 8.22. The van der Waals surface area contributed by atoms with E-state index in [1.807, 2.05) is 28.0 Å². The summed E-state index contributed by atoms with van der Waals surface area (Å²) in [7, 11) is 4.11. The number of hydrogen-bond acceptors (Lipinski definition) is 6. The Morgan fingerprint density at radius 2 is 2.00 bits per heavy atom. The molecule has 0 saturated carbocycles. The topological polar surface area (TPSA) is 69.5 Å². The largest absolute Gasteiger partial charge is 0.353 e. The zero-order valence-corrected chi connectivity index (χ0v) is 18.6. The number of piperidine rings is 1. The first-order chi connectivity index (χ1) is 14.1. The number of nitrogens with one attached hydrogen (secondary N) is 1. The fourth-order valence-corrected chi connectivity index (χ4v) is 4.08. The number of amides is 1. The van der Waals surface area contributed by atoms with Crippen LogP contribution in [0, 0.1) is 0 Å². The van der Waals surface area contributed by atoms with Crippen LogP contribution < -0.4 is 10.2 Å². The van der Waals surface area contributed by atoms with Crippen molar-refractivity contribution in [3.8, 4) is 0 Å². The molecule has 0 bridgehead atoms. The normalized spacial score (nSPS) is 19.6. The number of pyridine rings is 1. The van der Waals surface area contributed by atoms with E-state index in [-0.39, 0.29) is 18.3 Å². The van der Waals surface area contributed by atoms with Gasteiger partial charge in [0.15, 0.2) is 0 Å². The number of rotatable bonds is 5. The fourth-order valence-electron chi connectivity index (χ4n) is 4.08. The lowest BCUT2D eigenvalue weighted by atomic mass is 10.1. The van der Waals surface area contributed by atoms with E-state index in [2.05, 4.69) is 51.4 Å². The SMILES string of the molecule is CN(C)Cc1ccc(N2CCN(C(=O)c3ccn(C4CCCNC4)n3)CC2)nc1.Cl. The number of piperazine rings is 1. The minimum absolute atomic E-state index is 0. The number of anilines is 1. The van der Waals surface area contributed by atoms with Gasteiger partial charge in [0.2, 0.25) is 0 Å². The zero-order chi connectivity index (χ0) is 20.2. The summed E-state index contributed by atoms with van der Waals surface area (Å²) >= 11 is 0. The third-order valence-corrected chi connectivity index (χ3v) is 5.67. The summed E-state index contributed by atoms with van der Waals surface area (Å²) in [6, 6.07) is 6.42. The first kappa shape index (κ1) is 22.5. The number of hydrogen-bond donors (Lipinski definition) is 1. The predicted octanol–water partition coefficient (Wildman–Crippen LogP) is 1.65. The van der Waals surface area contributed by atoms with Crippen molar-refractivity contribution in [3.63, 3.8) is 0 Å². The van der Waals surface area contributed by atoms with E-state index in [0.717, 1.165) is 51.4 Å². The van der Waals surface area contributed by atoms with Crippen molar-refractivity contribution >= 4 is 24.1 Å². The Kier molecular flexibility index (Phi) is 7.69. The van der Waals surface area contributed by atoms with Crippen LogP contribution in [0.2, 0.25) is 0 Å². The number of carbonyl (C=O) groups excluding carboxylic acids is 1. The van der Waals surface area contributed by atoms with Crippen LogP contribution >= 0.6 is 12.4 Å². The van der Waals surface area contributed by atoms with Gasteiger partial charge < -0.3 is 20.0 Å². The first-order valence-corrected chi connectivity index (χ1v) is 10.5. The lowest BCUT2D eigenvalue weighted by Gasteiger charge is -2.35. The number of nitrogens with zero attached hydrogens (tertiary/aromatic N) is 6. The van der Waals surface area contributed by atoms with E-state index in [4.69, 9.17) is 0 Å². The second kappa shape index (κ2) is 10.2. The average Bonchev–Trinajstić information content (AvgIpc) is 3.24. The van der Waals surface area contributed by atoms with Crippen molar-refractivity contribution in [2.45, 2.75) is 25.4 Å². The predicted molar refractivity (Wildman–Crippen MR) is 120 cm³/mol. The minimum Gasteiger partial charge on any atom is -0.353 e. The van der Waals surface area contributed by atoms with Gasteiger partial charge in [0, 0.05) is 51.7 Å². The van der Waals surface area contributed by atoms with Crippen LogP contribution in [-0.2, 0) is 6.54 Å². The minimum atomic E-state index is 0. The molecule has 4 heterocycles. The van der Waals surface area contributed by atoms with Gasteiger partial charge in [-0.15, -0.1) is 12.4 Å². The molecule has 4 rings (SSSR count). The van der Waals surface area contributed by atoms with E-state index in [1.165, 1.54) is 5.56 Å². The highest BCUT2D eigenvalue weighted by Gasteiger charge is 2.25. The highest BCUT2D eigenvalue weighted by atomic mass is 35.5. The summed E-state index contributed by atoms with van der Waals surface area (Å²) in [5.74, 6) is 1.01. The number of carbonyl (C=O) groups is 1. The highest BCUT2D eigenvalue weighted by molar-refractivity contribution is 5.92. The van der Waals surface area contributed by atoms with E-state index < -0.39 is 0 Å². The summed E-state index contributed by atoms with van der Waals surface area (Å²) in [5.41, 5.74) is 1.76. The van der Waals surface area contributed by atoms with E-state index in [0.29, 0.717) is 24.8 Å². The molecule has 30 heavy (non-hydrogen) atoms. The van der Waals surface area contributed by atoms with Crippen molar-refractivity contribution in [1.29, 1.82) is 0 Å². The maximum absolute atomic E-state index is 12.9. The Morgan fingerprint density at radius 1 is 1.20 bits per heavy atom. The first-order valence-electron chi connectivity index (χ1n) is 10.5. The molecule has 1 atom stereocenters. The lowest BCUT2D eigenvalue weighted by molar-refractivity contribution is 0.0739. The molecule has 164 valence electrons. The van der Waals surface area contributed by atoms with E-state index in [1.54, 1.807) is 0 Å². The molecule has 2 aromatic heterocycles. The van der Waals surface area contributed by atoms with Gasteiger partial charge in [0.1, 0.15) is 11.5 Å². The Morgan fingerprint density at radius 3 is 2.63 bits per heavy atom. The Bertz CT molecular complexity index is 809. The van der Waals surface area contributed by atoms with Crippen LogP contribution in [0.4, 0.5) is 5.82 Å². The Hall–Kier alpha value is -2.16. The molecule has 2 aliphatic rings. The van der Waals surface area contributed by atoms with Crippen LogP contribution in [-0.4, -0.2) is 83.8 Å². The summed E-state index contributed by atoms with van der Waals surface area (Å²) < 4.78 is 1.95. The van der Waals surface area contributed by atoms with Gasteiger partial charge in [-0.25, -0.2) is 4.98 Å². The van der Waals surface area contributed by atoms with Crippen molar-refractivity contribution < 1.29 is 4.79 Å². The number of aromatic nitrogens is 3. The molecule has 8 nitrogen and oxygen atoms in total. The summed E-state index contributed by atoms with van der Waals surface area (Å²) in [6.45, 7) is 5.85. The second-order valence-corrected chi connectivity index (χ2v) is 8.22. The van der Waals surface area contributed by atoms with Gasteiger partial charge in [-0.05, 0) is 51.2 Å². The quantitative estimate of drug-likeness (QED) is 0.773. The molecular weight excluding hydrogens is 402 g/mol. The molecule has 0 aliphatic carbocycles. The van der Waals surface area contributed by atoms with Gasteiger partial charge in [0.25, 0.3) is 5.91 Å². The van der Waals surface area contributed by atoms with Crippen LogP contribution in [0.25, 0.3) is 0 Å². The van der Waals surface area contributed by atoms with Gasteiger partial charge in [0.05, 0.1) is 6.04 Å². The fraction of sp³-hybridized carbons (Fsp3) is 0.571. The molecule has 1 N–H and O–H groups in total. The Balaban J connectivity index is 0.00000256. The monoisotopic (exact) mass is 433 g/mol. The van der Waals surface area contributed by atoms with Crippen molar-refractivity contribution in [3.05, 3.63) is 41.9 Å². The van der Waals surface area contributed by atoms with Gasteiger partial charge in [-0.3, -0.25) is 9.48 Å². The third-order valence-electron chi connectivity index (χ3n) is 5.67. The van der Waals surface area contributed by atoms with Gasteiger partial charge >= 0.3 is 0 Å². The van der Waals surface area contributed by atoms with Gasteiger partial charge in [-0.2, -0.15) is 5.10 Å². The smallest absolute Gasteiger partial charge is 0.274 e. The van der Waals surface area contributed by atoms with Crippen LogP contribution in [0.1, 0.15) is 34.9 Å². The maximum atomic E-state index is 12.9. The lowest BCUT2D eigenvalue weighted by Crippen LogP contribution is -2.49. The molecule has 2 aromatic rings. The molecule has 9 heteroatoms. The van der Waals surface area contributed by atoms with Crippen molar-refractivity contribution in [1.82, 2.24) is 29.9 Å². The summed E-state index contributed by atoms with van der Waals surface area (Å²) in [4.78, 5) is 23.8. The third kappa shape index (κ3) is 5.30.